The molecule has 1 aliphatic rings. The summed E-state index contributed by atoms with van der Waals surface area (Å²) in [6.45, 7) is 1.61. The standard InChI is InChI=1S/C13H12O5/c1-8(12(14)15)17-7-11-10-5-3-2-4-9(10)6-18-13(11)16/h2-5,7-8H,6H2,1H3,(H,14,15)/b11-7-. The predicted molar refractivity (Wildman–Crippen MR) is 62.4 cm³/mol. The highest BCUT2D eigenvalue weighted by molar-refractivity contribution is 6.17. The lowest BCUT2D eigenvalue weighted by atomic mass is 9.99. The van der Waals surface area contributed by atoms with Crippen molar-refractivity contribution >= 4 is 17.5 Å². The summed E-state index contributed by atoms with van der Waals surface area (Å²) in [5.41, 5.74) is 1.83. The van der Waals surface area contributed by atoms with E-state index in [0.717, 1.165) is 11.8 Å². The Bertz CT molecular complexity index is 518. The van der Waals surface area contributed by atoms with Gasteiger partial charge in [0.05, 0.1) is 6.26 Å². The van der Waals surface area contributed by atoms with E-state index in [2.05, 4.69) is 0 Å². The molecule has 0 spiro atoms. The molecule has 0 radical (unpaired) electrons. The first kappa shape index (κ1) is 12.2. The molecule has 0 saturated carbocycles. The Hall–Kier alpha value is -2.30. The lowest BCUT2D eigenvalue weighted by molar-refractivity contribution is -0.146. The molecule has 1 aliphatic heterocycles. The highest BCUT2D eigenvalue weighted by Gasteiger charge is 2.23. The molecule has 18 heavy (non-hydrogen) atoms. The van der Waals surface area contributed by atoms with Gasteiger partial charge in [-0.1, -0.05) is 24.3 Å². The molecule has 1 N–H and O–H groups in total. The van der Waals surface area contributed by atoms with Gasteiger partial charge >= 0.3 is 11.9 Å². The number of hydrogen-bond acceptors (Lipinski definition) is 4. The Kier molecular flexibility index (Phi) is 3.32. The van der Waals surface area contributed by atoms with Crippen LogP contribution in [-0.4, -0.2) is 23.1 Å². The number of fused-ring (bicyclic) bond motifs is 1. The number of rotatable bonds is 3. The predicted octanol–water partition coefficient (Wildman–Crippen LogP) is 1.57. The smallest absolute Gasteiger partial charge is 0.344 e. The molecule has 0 aromatic heterocycles. The second-order valence-electron chi connectivity index (χ2n) is 3.88. The first-order valence-corrected chi connectivity index (χ1v) is 5.43. The molecule has 1 aromatic rings. The van der Waals surface area contributed by atoms with E-state index in [0.29, 0.717) is 5.56 Å². The zero-order valence-corrected chi connectivity index (χ0v) is 9.75. The van der Waals surface area contributed by atoms with Crippen LogP contribution in [0.15, 0.2) is 30.5 Å². The van der Waals surface area contributed by atoms with Crippen LogP contribution in [0, 0.1) is 0 Å². The van der Waals surface area contributed by atoms with E-state index in [9.17, 15) is 9.59 Å². The summed E-state index contributed by atoms with van der Waals surface area (Å²) < 4.78 is 9.98. The molecule has 1 unspecified atom stereocenters. The molecule has 1 heterocycles. The van der Waals surface area contributed by atoms with Gasteiger partial charge in [-0.25, -0.2) is 9.59 Å². The van der Waals surface area contributed by atoms with Gasteiger partial charge in [0.2, 0.25) is 0 Å². The topological polar surface area (TPSA) is 72.8 Å². The van der Waals surface area contributed by atoms with Crippen LogP contribution in [-0.2, 0) is 25.7 Å². The van der Waals surface area contributed by atoms with Crippen molar-refractivity contribution < 1.29 is 24.2 Å². The summed E-state index contributed by atoms with van der Waals surface area (Å²) in [7, 11) is 0. The SMILES string of the molecule is CC(O/C=C1\C(=O)OCc2ccccc21)C(=O)O. The third kappa shape index (κ3) is 2.34. The molecule has 0 bridgehead atoms. The molecule has 5 nitrogen and oxygen atoms in total. The number of carboxylic acid groups (broad SMARTS) is 1. The van der Waals surface area contributed by atoms with Crippen molar-refractivity contribution in [2.75, 3.05) is 0 Å². The normalized spacial score (nSPS) is 17.8. The van der Waals surface area contributed by atoms with E-state index in [1.54, 1.807) is 12.1 Å². The van der Waals surface area contributed by atoms with Crippen molar-refractivity contribution in [3.05, 3.63) is 41.7 Å². The maximum Gasteiger partial charge on any atom is 0.344 e. The van der Waals surface area contributed by atoms with Gasteiger partial charge in [-0.15, -0.1) is 0 Å². The average Bonchev–Trinajstić information content (AvgIpc) is 2.37. The number of cyclic esters (lactones) is 1. The van der Waals surface area contributed by atoms with Gasteiger partial charge in [0.15, 0.2) is 6.10 Å². The van der Waals surface area contributed by atoms with Crippen molar-refractivity contribution in [2.24, 2.45) is 0 Å². The molecule has 0 saturated heterocycles. The zero-order valence-electron chi connectivity index (χ0n) is 9.75. The summed E-state index contributed by atoms with van der Waals surface area (Å²) in [6, 6.07) is 7.26. The van der Waals surface area contributed by atoms with Gasteiger partial charge in [-0.3, -0.25) is 0 Å². The van der Waals surface area contributed by atoms with E-state index in [1.165, 1.54) is 6.92 Å². The number of carbonyl (C=O) groups excluding carboxylic acids is 1. The largest absolute Gasteiger partial charge is 0.486 e. The first-order chi connectivity index (χ1) is 8.59. The maximum atomic E-state index is 11.6. The summed E-state index contributed by atoms with van der Waals surface area (Å²) in [5.74, 6) is -1.60. The number of hydrogen-bond donors (Lipinski definition) is 1. The molecule has 0 fully saturated rings. The molecule has 5 heteroatoms. The van der Waals surface area contributed by atoms with Crippen molar-refractivity contribution in [1.82, 2.24) is 0 Å². The van der Waals surface area contributed by atoms with Crippen molar-refractivity contribution in [1.29, 1.82) is 0 Å². The number of esters is 1. The molecule has 1 aromatic carbocycles. The van der Waals surface area contributed by atoms with Crippen molar-refractivity contribution in [2.45, 2.75) is 19.6 Å². The van der Waals surface area contributed by atoms with Crippen LogP contribution >= 0.6 is 0 Å². The number of benzene rings is 1. The first-order valence-electron chi connectivity index (χ1n) is 5.43. The summed E-state index contributed by atoms with van der Waals surface area (Å²) in [5, 5.41) is 8.70. The Labute approximate surface area is 104 Å². The average molecular weight is 248 g/mol. The lowest BCUT2D eigenvalue weighted by Crippen LogP contribution is -2.19. The van der Waals surface area contributed by atoms with Gasteiger partial charge in [-0.05, 0) is 18.1 Å². The van der Waals surface area contributed by atoms with Crippen LogP contribution in [0.3, 0.4) is 0 Å². The number of carboxylic acids is 1. The minimum atomic E-state index is -1.09. The van der Waals surface area contributed by atoms with E-state index in [4.69, 9.17) is 14.6 Å². The quantitative estimate of drug-likeness (QED) is 0.499. The second-order valence-corrected chi connectivity index (χ2v) is 3.88. The molecule has 0 amide bonds. The second kappa shape index (κ2) is 4.91. The minimum Gasteiger partial charge on any atom is -0.486 e. The van der Waals surface area contributed by atoms with Crippen LogP contribution in [0.5, 0.6) is 0 Å². The van der Waals surface area contributed by atoms with E-state index in [-0.39, 0.29) is 12.2 Å². The van der Waals surface area contributed by atoms with Gasteiger partial charge in [-0.2, -0.15) is 0 Å². The third-order valence-corrected chi connectivity index (χ3v) is 2.62. The molecular weight excluding hydrogens is 236 g/mol. The van der Waals surface area contributed by atoms with Crippen LogP contribution in [0.1, 0.15) is 18.1 Å². The third-order valence-electron chi connectivity index (χ3n) is 2.62. The van der Waals surface area contributed by atoms with Crippen LogP contribution in [0.4, 0.5) is 0 Å². The highest BCUT2D eigenvalue weighted by atomic mass is 16.5. The van der Waals surface area contributed by atoms with Gasteiger partial charge in [0.1, 0.15) is 12.2 Å². The molecule has 2 rings (SSSR count). The summed E-state index contributed by atoms with van der Waals surface area (Å²) >= 11 is 0. The Morgan fingerprint density at radius 1 is 1.50 bits per heavy atom. The van der Waals surface area contributed by atoms with Gasteiger partial charge < -0.3 is 14.6 Å². The number of ether oxygens (including phenoxy) is 2. The fraction of sp³-hybridized carbons (Fsp3) is 0.231. The Balaban J connectivity index is 2.29. The Morgan fingerprint density at radius 2 is 2.22 bits per heavy atom. The number of aliphatic carboxylic acids is 1. The molecular formula is C13H12O5. The molecule has 0 aliphatic carbocycles. The minimum absolute atomic E-state index is 0.223. The van der Waals surface area contributed by atoms with E-state index < -0.39 is 18.0 Å². The fourth-order valence-corrected chi connectivity index (χ4v) is 1.58. The monoisotopic (exact) mass is 248 g/mol. The van der Waals surface area contributed by atoms with Crippen molar-refractivity contribution in [3.8, 4) is 0 Å². The maximum absolute atomic E-state index is 11.6. The summed E-state index contributed by atoms with van der Waals surface area (Å²) in [4.78, 5) is 22.3. The van der Waals surface area contributed by atoms with E-state index in [1.807, 2.05) is 12.1 Å². The lowest BCUT2D eigenvalue weighted by Gasteiger charge is -2.18. The number of carbonyl (C=O) groups is 2. The van der Waals surface area contributed by atoms with Crippen LogP contribution in [0.2, 0.25) is 0 Å². The Morgan fingerprint density at radius 3 is 2.94 bits per heavy atom. The van der Waals surface area contributed by atoms with E-state index >= 15 is 0 Å². The zero-order chi connectivity index (χ0) is 13.1. The van der Waals surface area contributed by atoms with Crippen LogP contribution < -0.4 is 0 Å². The molecule has 1 atom stereocenters. The van der Waals surface area contributed by atoms with Gasteiger partial charge in [0, 0.05) is 0 Å². The fourth-order valence-electron chi connectivity index (χ4n) is 1.58. The summed E-state index contributed by atoms with van der Waals surface area (Å²) in [6.07, 6.45) is 0.137. The van der Waals surface area contributed by atoms with Crippen molar-refractivity contribution in [3.63, 3.8) is 0 Å². The van der Waals surface area contributed by atoms with Crippen LogP contribution in [0.25, 0.3) is 5.57 Å². The van der Waals surface area contributed by atoms with Gasteiger partial charge in [0.25, 0.3) is 0 Å². The molecule has 94 valence electrons. The highest BCUT2D eigenvalue weighted by Crippen LogP contribution is 2.26.